The van der Waals surface area contributed by atoms with Gasteiger partial charge in [-0.25, -0.2) is 18.1 Å². The second-order valence-corrected chi connectivity index (χ2v) is 11.5. The number of carbonyl (C=O) groups excluding carboxylic acids is 2. The first-order valence-corrected chi connectivity index (χ1v) is 14.6. The van der Waals surface area contributed by atoms with Crippen LogP contribution in [-0.2, 0) is 10.0 Å². The van der Waals surface area contributed by atoms with Crippen molar-refractivity contribution in [3.05, 3.63) is 95.3 Å². The largest absolute Gasteiger partial charge is 0.363 e. The van der Waals surface area contributed by atoms with Gasteiger partial charge in [0.2, 0.25) is 10.0 Å². The molecule has 10 nitrogen and oxygen atoms in total. The van der Waals surface area contributed by atoms with Crippen LogP contribution in [0.15, 0.2) is 73.1 Å². The van der Waals surface area contributed by atoms with Crippen LogP contribution in [0.25, 0.3) is 5.65 Å². The van der Waals surface area contributed by atoms with Crippen molar-refractivity contribution < 1.29 is 18.0 Å². The molecule has 202 valence electrons. The first kappa shape index (κ1) is 26.4. The first-order chi connectivity index (χ1) is 18.7. The Morgan fingerprint density at radius 3 is 2.23 bits per heavy atom. The predicted molar refractivity (Wildman–Crippen MR) is 148 cm³/mol. The van der Waals surface area contributed by atoms with Gasteiger partial charge in [-0.3, -0.25) is 9.59 Å². The number of piperidine rings is 1. The molecule has 1 aliphatic heterocycles. The monoisotopic (exact) mass is 546 g/mol. The van der Waals surface area contributed by atoms with Gasteiger partial charge in [-0.1, -0.05) is 60.7 Å². The van der Waals surface area contributed by atoms with E-state index in [1.54, 1.807) is 0 Å². The van der Waals surface area contributed by atoms with E-state index in [9.17, 15) is 18.0 Å². The number of sulfonamides is 1. The minimum absolute atomic E-state index is 0.0153. The molecule has 1 aliphatic rings. The zero-order chi connectivity index (χ0) is 27.6. The van der Waals surface area contributed by atoms with Crippen LogP contribution in [0.4, 0.5) is 5.82 Å². The van der Waals surface area contributed by atoms with E-state index in [1.165, 1.54) is 22.5 Å². The molecule has 2 aromatic carbocycles. The number of aromatic nitrogens is 3. The quantitative estimate of drug-likeness (QED) is 0.363. The number of hydrogen-bond acceptors (Lipinski definition) is 7. The maximum Gasteiger partial charge on any atom is 0.270 e. The SMILES string of the molecule is CC(Nc1c(C(=O)N2CCC(c3ccccc3)CC2)cnc2c(C(=O)NS(C)(=O)=O)cnn12)c1ccccc1. The molecule has 0 bridgehead atoms. The van der Waals surface area contributed by atoms with E-state index in [-0.39, 0.29) is 23.2 Å². The van der Waals surface area contributed by atoms with Crippen molar-refractivity contribution in [2.24, 2.45) is 0 Å². The minimum atomic E-state index is -3.78. The highest BCUT2D eigenvalue weighted by atomic mass is 32.2. The van der Waals surface area contributed by atoms with E-state index < -0.39 is 15.9 Å². The summed E-state index contributed by atoms with van der Waals surface area (Å²) in [6.45, 7) is 3.17. The Bertz CT molecular complexity index is 1600. The molecule has 0 radical (unpaired) electrons. The number of fused-ring (bicyclic) bond motifs is 1. The number of anilines is 1. The summed E-state index contributed by atoms with van der Waals surface area (Å²) in [6, 6.07) is 19.9. The van der Waals surface area contributed by atoms with Gasteiger partial charge >= 0.3 is 0 Å². The van der Waals surface area contributed by atoms with Crippen LogP contribution in [0.2, 0.25) is 0 Å². The van der Waals surface area contributed by atoms with Crippen molar-refractivity contribution in [1.29, 1.82) is 0 Å². The fraction of sp³-hybridized carbons (Fsp3) is 0.286. The Hall–Kier alpha value is -4.25. The lowest BCUT2D eigenvalue weighted by Crippen LogP contribution is -2.38. The summed E-state index contributed by atoms with van der Waals surface area (Å²) < 4.78 is 26.6. The summed E-state index contributed by atoms with van der Waals surface area (Å²) in [4.78, 5) is 32.6. The van der Waals surface area contributed by atoms with E-state index in [2.05, 4.69) is 27.5 Å². The number of nitrogens with zero attached hydrogens (tertiary/aromatic N) is 4. The molecule has 0 spiro atoms. The van der Waals surface area contributed by atoms with E-state index in [1.807, 2.05) is 65.1 Å². The Morgan fingerprint density at radius 1 is 0.949 bits per heavy atom. The lowest BCUT2D eigenvalue weighted by Gasteiger charge is -2.32. The van der Waals surface area contributed by atoms with Gasteiger partial charge in [0.25, 0.3) is 11.8 Å². The average molecular weight is 547 g/mol. The Labute approximate surface area is 227 Å². The number of benzene rings is 2. The van der Waals surface area contributed by atoms with Gasteiger partial charge in [0.15, 0.2) is 5.65 Å². The number of nitrogens with one attached hydrogen (secondary N) is 2. The van der Waals surface area contributed by atoms with Gasteiger partial charge in [-0.15, -0.1) is 0 Å². The van der Waals surface area contributed by atoms with Crippen LogP contribution in [-0.4, -0.2) is 59.1 Å². The van der Waals surface area contributed by atoms with Crippen molar-refractivity contribution in [3.63, 3.8) is 0 Å². The third-order valence-electron chi connectivity index (χ3n) is 6.99. The van der Waals surface area contributed by atoms with Crippen LogP contribution < -0.4 is 10.0 Å². The molecular weight excluding hydrogens is 516 g/mol. The third kappa shape index (κ3) is 5.78. The summed E-state index contributed by atoms with van der Waals surface area (Å²) >= 11 is 0. The smallest absolute Gasteiger partial charge is 0.270 e. The minimum Gasteiger partial charge on any atom is -0.363 e. The summed E-state index contributed by atoms with van der Waals surface area (Å²) in [7, 11) is -3.78. The number of likely N-dealkylation sites (tertiary alicyclic amines) is 1. The van der Waals surface area contributed by atoms with Crippen LogP contribution in [0.1, 0.15) is 63.6 Å². The standard InChI is InChI=1S/C28H30N6O4S/c1-19(20-9-5-3-6-10-20)31-26-24(17-29-25-23(18-30-34(25)26)27(35)32-39(2,37)38)28(36)33-15-13-22(14-16-33)21-11-7-4-8-12-21/h3-12,17-19,22,31H,13-16H2,1-2H3,(H,32,35). The number of amides is 2. The second-order valence-electron chi connectivity index (χ2n) is 9.77. The fourth-order valence-corrected chi connectivity index (χ4v) is 5.40. The number of rotatable bonds is 7. The zero-order valence-corrected chi connectivity index (χ0v) is 22.6. The van der Waals surface area contributed by atoms with Gasteiger partial charge in [-0.2, -0.15) is 9.61 Å². The highest BCUT2D eigenvalue weighted by molar-refractivity contribution is 7.89. The molecule has 1 saturated heterocycles. The molecule has 0 aliphatic carbocycles. The van der Waals surface area contributed by atoms with Crippen molar-refractivity contribution in [2.45, 2.75) is 31.7 Å². The molecule has 39 heavy (non-hydrogen) atoms. The molecule has 3 heterocycles. The van der Waals surface area contributed by atoms with E-state index in [0.717, 1.165) is 24.7 Å². The van der Waals surface area contributed by atoms with Crippen LogP contribution in [0, 0.1) is 0 Å². The van der Waals surface area contributed by atoms with Gasteiger partial charge in [0.1, 0.15) is 16.9 Å². The summed E-state index contributed by atoms with van der Waals surface area (Å²) in [5.41, 5.74) is 2.72. The van der Waals surface area contributed by atoms with Crippen molar-refractivity contribution in [2.75, 3.05) is 24.7 Å². The van der Waals surface area contributed by atoms with Crippen LogP contribution >= 0.6 is 0 Å². The molecule has 1 unspecified atom stereocenters. The highest BCUT2D eigenvalue weighted by Crippen LogP contribution is 2.30. The summed E-state index contributed by atoms with van der Waals surface area (Å²) in [5, 5.41) is 7.71. The number of carbonyl (C=O) groups is 2. The van der Waals surface area contributed by atoms with Crippen LogP contribution in [0.3, 0.4) is 0 Å². The molecule has 4 aromatic rings. The summed E-state index contributed by atoms with van der Waals surface area (Å²) in [6.07, 6.45) is 5.29. The second kappa shape index (κ2) is 10.9. The highest BCUT2D eigenvalue weighted by Gasteiger charge is 2.29. The maximum atomic E-state index is 13.8. The molecule has 5 rings (SSSR count). The fourth-order valence-electron chi connectivity index (χ4n) is 4.95. The normalized spacial score (nSPS) is 15.2. The van der Waals surface area contributed by atoms with Crippen molar-refractivity contribution >= 4 is 33.3 Å². The molecule has 0 saturated carbocycles. The molecular formula is C28H30N6O4S. The van der Waals surface area contributed by atoms with Crippen LogP contribution in [0.5, 0.6) is 0 Å². The lowest BCUT2D eigenvalue weighted by molar-refractivity contribution is 0.0712. The topological polar surface area (TPSA) is 126 Å². The Balaban J connectivity index is 1.47. The van der Waals surface area contributed by atoms with Gasteiger partial charge < -0.3 is 10.2 Å². The molecule has 2 amide bonds. The van der Waals surface area contributed by atoms with Gasteiger partial charge in [0, 0.05) is 25.3 Å². The van der Waals surface area contributed by atoms with Crippen molar-refractivity contribution in [1.82, 2.24) is 24.2 Å². The Kier molecular flexibility index (Phi) is 7.34. The number of hydrogen-bond donors (Lipinski definition) is 2. The summed E-state index contributed by atoms with van der Waals surface area (Å²) in [5.74, 6) is -0.251. The third-order valence-corrected chi connectivity index (χ3v) is 7.54. The van der Waals surface area contributed by atoms with E-state index in [0.29, 0.717) is 30.4 Å². The molecule has 1 atom stereocenters. The van der Waals surface area contributed by atoms with E-state index >= 15 is 0 Å². The molecule has 1 fully saturated rings. The molecule has 11 heteroatoms. The predicted octanol–water partition coefficient (Wildman–Crippen LogP) is 3.61. The maximum absolute atomic E-state index is 13.8. The Morgan fingerprint density at radius 2 is 1.59 bits per heavy atom. The zero-order valence-electron chi connectivity index (χ0n) is 21.7. The molecule has 2 N–H and O–H groups in total. The van der Waals surface area contributed by atoms with Crippen molar-refractivity contribution in [3.8, 4) is 0 Å². The molecule has 2 aromatic heterocycles. The average Bonchev–Trinajstić information content (AvgIpc) is 3.38. The van der Waals surface area contributed by atoms with Gasteiger partial charge in [0.05, 0.1) is 12.5 Å². The van der Waals surface area contributed by atoms with Gasteiger partial charge in [-0.05, 0) is 36.8 Å². The lowest BCUT2D eigenvalue weighted by atomic mass is 9.89. The first-order valence-electron chi connectivity index (χ1n) is 12.8. The van der Waals surface area contributed by atoms with E-state index in [4.69, 9.17) is 0 Å².